The zero-order valence-corrected chi connectivity index (χ0v) is 30.6. The van der Waals surface area contributed by atoms with E-state index >= 15 is 0 Å². The van der Waals surface area contributed by atoms with E-state index in [1.165, 1.54) is 12.2 Å². The third-order valence-corrected chi connectivity index (χ3v) is 18.3. The van der Waals surface area contributed by atoms with Gasteiger partial charge in [0.1, 0.15) is 0 Å². The third kappa shape index (κ3) is 14.3. The Morgan fingerprint density at radius 2 is 1.07 bits per heavy atom. The van der Waals surface area contributed by atoms with Gasteiger partial charge >= 0.3 is 20.6 Å². The van der Waals surface area contributed by atoms with Crippen LogP contribution in [0.15, 0.2) is 46.4 Å². The van der Waals surface area contributed by atoms with E-state index in [-0.39, 0.29) is 12.1 Å². The van der Waals surface area contributed by atoms with Crippen LogP contribution in [0.4, 0.5) is 32.3 Å². The Labute approximate surface area is 269 Å². The first-order valence-electron chi connectivity index (χ1n) is 14.9. The largest absolute Gasteiger partial charge is 0.437 e. The SMILES string of the molecule is Cc1ccc(NC(=O)NCCC[Si](C)(C)O[Si](C)(C)O[Si](C)(C)CCCNC(=O)Nc2ccc(C)c(N=C=O)c2)cc1N=C=O. The van der Waals surface area contributed by atoms with Gasteiger partial charge in [-0.1, -0.05) is 12.1 Å². The van der Waals surface area contributed by atoms with Crippen molar-refractivity contribution in [2.75, 3.05) is 23.7 Å². The molecular weight excluding hydrogens is 625 g/mol. The van der Waals surface area contributed by atoms with E-state index in [4.69, 9.17) is 8.23 Å². The van der Waals surface area contributed by atoms with Gasteiger partial charge in [0, 0.05) is 24.5 Å². The molecule has 0 aliphatic heterocycles. The lowest BCUT2D eigenvalue weighted by atomic mass is 10.2. The number of urea groups is 2. The van der Waals surface area contributed by atoms with E-state index in [1.807, 2.05) is 13.8 Å². The van der Waals surface area contributed by atoms with Gasteiger partial charge in [-0.25, -0.2) is 19.2 Å². The highest BCUT2D eigenvalue weighted by Gasteiger charge is 2.39. The fraction of sp³-hybridized carbons (Fsp3) is 0.467. The highest BCUT2D eigenvalue weighted by atomic mass is 28.5. The number of aliphatic imine (C=N–C) groups is 2. The Morgan fingerprint density at radius 3 is 1.42 bits per heavy atom. The summed E-state index contributed by atoms with van der Waals surface area (Å²) in [6.07, 6.45) is 4.60. The molecule has 0 heterocycles. The fourth-order valence-electron chi connectivity index (χ4n) is 4.95. The number of nitrogens with zero attached hydrogens (tertiary/aromatic N) is 2. The second kappa shape index (κ2) is 17.1. The van der Waals surface area contributed by atoms with Crippen molar-refractivity contribution >= 4 is 72.2 Å². The topological polar surface area (TPSA) is 160 Å². The summed E-state index contributed by atoms with van der Waals surface area (Å²) in [4.78, 5) is 53.2. The zero-order valence-electron chi connectivity index (χ0n) is 27.6. The summed E-state index contributed by atoms with van der Waals surface area (Å²) in [5, 5.41) is 11.3. The van der Waals surface area contributed by atoms with E-state index in [9.17, 15) is 19.2 Å². The fourth-order valence-corrected chi connectivity index (χ4v) is 19.0. The highest BCUT2D eigenvalue weighted by Crippen LogP contribution is 2.26. The van der Waals surface area contributed by atoms with Gasteiger partial charge in [-0.3, -0.25) is 0 Å². The molecule has 12 nitrogen and oxygen atoms in total. The second-order valence-corrected chi connectivity index (χ2v) is 25.0. The molecule has 4 N–H and O–H groups in total. The first kappa shape index (κ1) is 37.5. The number of hydrogen-bond acceptors (Lipinski definition) is 8. The number of aryl methyl sites for hydroxylation is 2. The van der Waals surface area contributed by atoms with Crippen molar-refractivity contribution in [2.45, 2.75) is 78.1 Å². The van der Waals surface area contributed by atoms with Crippen LogP contribution < -0.4 is 21.3 Å². The monoisotopic (exact) mass is 670 g/mol. The third-order valence-electron chi connectivity index (χ3n) is 6.79. The normalized spacial score (nSPS) is 11.6. The maximum atomic E-state index is 12.3. The molecular formula is C30H46N6O6Si3. The van der Waals surface area contributed by atoms with Crippen LogP contribution in [0, 0.1) is 13.8 Å². The lowest BCUT2D eigenvalue weighted by Crippen LogP contribution is -2.52. The molecule has 15 heteroatoms. The molecule has 0 aliphatic rings. The lowest BCUT2D eigenvalue weighted by molar-refractivity contribution is 0.251. The Morgan fingerprint density at radius 1 is 0.689 bits per heavy atom. The second-order valence-electron chi connectivity index (χ2n) is 12.5. The van der Waals surface area contributed by atoms with Crippen LogP contribution in [0.5, 0.6) is 0 Å². The predicted octanol–water partition coefficient (Wildman–Crippen LogP) is 7.11. The number of amides is 4. The molecule has 0 fully saturated rings. The maximum absolute atomic E-state index is 12.3. The first-order chi connectivity index (χ1) is 21.0. The zero-order chi connectivity index (χ0) is 33.7. The van der Waals surface area contributed by atoms with E-state index in [2.05, 4.69) is 70.5 Å². The highest BCUT2D eigenvalue weighted by molar-refractivity contribution is 6.87. The van der Waals surface area contributed by atoms with Crippen LogP contribution in [-0.4, -0.2) is 62.5 Å². The van der Waals surface area contributed by atoms with Crippen molar-refractivity contribution in [3.05, 3.63) is 47.5 Å². The number of isocyanates is 2. The van der Waals surface area contributed by atoms with Gasteiger partial charge in [0.25, 0.3) is 0 Å². The van der Waals surface area contributed by atoms with E-state index in [1.54, 1.807) is 36.4 Å². The molecule has 0 spiro atoms. The average molecular weight is 671 g/mol. The van der Waals surface area contributed by atoms with E-state index in [0.29, 0.717) is 35.8 Å². The van der Waals surface area contributed by atoms with Gasteiger partial charge in [0.2, 0.25) is 12.2 Å². The number of nitrogens with one attached hydrogen (secondary N) is 4. The number of rotatable bonds is 16. The van der Waals surface area contributed by atoms with Crippen LogP contribution in [0.2, 0.25) is 51.4 Å². The van der Waals surface area contributed by atoms with Crippen molar-refractivity contribution in [2.24, 2.45) is 9.98 Å². The molecule has 2 aromatic rings. The predicted molar refractivity (Wildman–Crippen MR) is 185 cm³/mol. The Balaban J connectivity index is 1.73. The quantitative estimate of drug-likeness (QED) is 0.0645. The molecule has 244 valence electrons. The minimum atomic E-state index is -2.42. The lowest BCUT2D eigenvalue weighted by Gasteiger charge is -2.38. The maximum Gasteiger partial charge on any atom is 0.319 e. The van der Waals surface area contributed by atoms with Gasteiger partial charge in [-0.2, -0.15) is 9.98 Å². The number of carbonyl (C=O) groups is 2. The number of anilines is 2. The van der Waals surface area contributed by atoms with Crippen LogP contribution in [0.3, 0.4) is 0 Å². The smallest absolute Gasteiger partial charge is 0.319 e. The van der Waals surface area contributed by atoms with Gasteiger partial charge in [0.05, 0.1) is 11.4 Å². The molecule has 0 bridgehead atoms. The Hall–Kier alpha value is -3.69. The van der Waals surface area contributed by atoms with E-state index in [0.717, 1.165) is 36.1 Å². The van der Waals surface area contributed by atoms with Crippen molar-refractivity contribution < 1.29 is 27.4 Å². The number of carbonyl (C=O) groups excluding carboxylic acids is 4. The summed E-state index contributed by atoms with van der Waals surface area (Å²) in [6.45, 7) is 17.5. The van der Waals surface area contributed by atoms with E-state index < -0.39 is 25.2 Å². The molecule has 45 heavy (non-hydrogen) atoms. The molecule has 0 aliphatic carbocycles. The molecule has 2 aromatic carbocycles. The summed E-state index contributed by atoms with van der Waals surface area (Å²) in [5.74, 6) is 0. The Bertz CT molecular complexity index is 1330. The first-order valence-corrected chi connectivity index (χ1v) is 24.0. The summed E-state index contributed by atoms with van der Waals surface area (Å²) in [7, 11) is -6.55. The summed E-state index contributed by atoms with van der Waals surface area (Å²) in [6, 6.07) is 11.4. The van der Waals surface area contributed by atoms with Crippen LogP contribution in [0.1, 0.15) is 24.0 Å². The van der Waals surface area contributed by atoms with Crippen LogP contribution in [0.25, 0.3) is 0 Å². The minimum Gasteiger partial charge on any atom is -0.437 e. The number of hydrogen-bond donors (Lipinski definition) is 4. The summed E-state index contributed by atoms with van der Waals surface area (Å²) in [5.41, 5.74) is 3.66. The Kier molecular flexibility index (Phi) is 14.3. The minimum absolute atomic E-state index is 0.327. The molecule has 0 saturated carbocycles. The van der Waals surface area contributed by atoms with Crippen molar-refractivity contribution in [1.82, 2.24) is 10.6 Å². The summed E-state index contributed by atoms with van der Waals surface area (Å²) < 4.78 is 13.3. The molecule has 0 unspecified atom stereocenters. The molecule has 0 aromatic heterocycles. The standard InChI is InChI=1S/C30H46N6O6Si3/c1-23-11-13-25(19-27(23)33-21-37)35-29(39)31-15-9-17-43(3,4)41-45(7,8)42-44(5,6)18-10-16-32-30(40)36-26-14-12-24(2)28(20-26)34-22-38/h11-14,19-20H,9-10,15-18H2,1-8H3,(H2,31,35,39)(H2,32,36,40). The summed E-state index contributed by atoms with van der Waals surface area (Å²) >= 11 is 0. The molecule has 0 saturated heterocycles. The average Bonchev–Trinajstić information content (AvgIpc) is 2.92. The molecule has 0 atom stereocenters. The van der Waals surface area contributed by atoms with Gasteiger partial charge in [0.15, 0.2) is 16.6 Å². The molecule has 4 amide bonds. The van der Waals surface area contributed by atoms with Gasteiger partial charge < -0.3 is 29.5 Å². The van der Waals surface area contributed by atoms with Crippen molar-refractivity contribution in [1.29, 1.82) is 0 Å². The van der Waals surface area contributed by atoms with Crippen LogP contribution >= 0.6 is 0 Å². The van der Waals surface area contributed by atoms with Gasteiger partial charge in [-0.05, 0) is 113 Å². The molecule has 2 rings (SSSR count). The molecule has 0 radical (unpaired) electrons. The van der Waals surface area contributed by atoms with Gasteiger partial charge in [-0.15, -0.1) is 0 Å². The van der Waals surface area contributed by atoms with Crippen molar-refractivity contribution in [3.63, 3.8) is 0 Å². The van der Waals surface area contributed by atoms with Crippen molar-refractivity contribution in [3.8, 4) is 0 Å². The number of benzene rings is 2. The van der Waals surface area contributed by atoms with Crippen LogP contribution in [-0.2, 0) is 17.8 Å².